The van der Waals surface area contributed by atoms with E-state index in [1.165, 1.54) is 11.1 Å². The van der Waals surface area contributed by atoms with Crippen molar-refractivity contribution in [2.45, 2.75) is 19.8 Å². The molecule has 0 radical (unpaired) electrons. The van der Waals surface area contributed by atoms with Gasteiger partial charge >= 0.3 is 0 Å². The van der Waals surface area contributed by atoms with Gasteiger partial charge in [0.15, 0.2) is 0 Å². The molecule has 0 fully saturated rings. The summed E-state index contributed by atoms with van der Waals surface area (Å²) < 4.78 is 0. The van der Waals surface area contributed by atoms with Crippen LogP contribution < -0.4 is 5.73 Å². The molecule has 90 valence electrons. The Hall–Kier alpha value is -1.60. The molecule has 0 heterocycles. The first-order valence-corrected chi connectivity index (χ1v) is 6.09. The molecule has 0 aliphatic heterocycles. The molecule has 2 N–H and O–H groups in total. The van der Waals surface area contributed by atoms with Gasteiger partial charge in [-0.15, -0.1) is 0 Å². The van der Waals surface area contributed by atoms with E-state index < -0.39 is 0 Å². The van der Waals surface area contributed by atoms with Crippen molar-refractivity contribution in [2.75, 3.05) is 6.54 Å². The monoisotopic (exact) mass is 227 g/mol. The number of rotatable bonds is 2. The number of nitrogens with two attached hydrogens (primary N) is 1. The molecule has 0 aromatic heterocycles. The Morgan fingerprint density at radius 2 is 1.12 bits per heavy atom. The summed E-state index contributed by atoms with van der Waals surface area (Å²) in [5.74, 6) is 0.484. The summed E-state index contributed by atoms with van der Waals surface area (Å²) in [5, 5.41) is 0. The van der Waals surface area contributed by atoms with Crippen LogP contribution >= 0.6 is 0 Å². The van der Waals surface area contributed by atoms with Gasteiger partial charge < -0.3 is 5.73 Å². The van der Waals surface area contributed by atoms with Gasteiger partial charge in [-0.2, -0.15) is 0 Å². The molecular weight excluding hydrogens is 206 g/mol. The van der Waals surface area contributed by atoms with Crippen molar-refractivity contribution in [1.82, 2.24) is 0 Å². The molecule has 2 rings (SSSR count). The van der Waals surface area contributed by atoms with E-state index in [4.69, 9.17) is 5.73 Å². The van der Waals surface area contributed by atoms with Gasteiger partial charge in [0.05, 0.1) is 0 Å². The van der Waals surface area contributed by atoms with E-state index in [-0.39, 0.29) is 0 Å². The van der Waals surface area contributed by atoms with Crippen LogP contribution in [0.5, 0.6) is 0 Å². The second-order valence-electron chi connectivity index (χ2n) is 3.95. The molecule has 0 amide bonds. The molecule has 0 saturated carbocycles. The quantitative estimate of drug-likeness (QED) is 0.829. The fourth-order valence-electron chi connectivity index (χ4n) is 1.68. The Balaban J connectivity index is 0.000000437. The summed E-state index contributed by atoms with van der Waals surface area (Å²) in [7, 11) is 0. The van der Waals surface area contributed by atoms with E-state index in [2.05, 4.69) is 67.6 Å². The minimum absolute atomic E-state index is 0.484. The second kappa shape index (κ2) is 7.64. The van der Waals surface area contributed by atoms with Gasteiger partial charge in [0.25, 0.3) is 0 Å². The van der Waals surface area contributed by atoms with E-state index in [9.17, 15) is 0 Å². The zero-order chi connectivity index (χ0) is 12.5. The normalized spacial score (nSPS) is 9.65. The van der Waals surface area contributed by atoms with Crippen molar-refractivity contribution in [3.63, 3.8) is 0 Å². The van der Waals surface area contributed by atoms with E-state index in [1.54, 1.807) is 0 Å². The highest BCUT2D eigenvalue weighted by Gasteiger charge is 2.05. The Kier molecular flexibility index (Phi) is 6.05. The molecule has 0 unspecified atom stereocenters. The molecule has 17 heavy (non-hydrogen) atoms. The lowest BCUT2D eigenvalue weighted by molar-refractivity contribution is 0.922. The third-order valence-electron chi connectivity index (χ3n) is 2.60. The van der Waals surface area contributed by atoms with Crippen LogP contribution in [0.1, 0.15) is 30.9 Å². The zero-order valence-electron chi connectivity index (χ0n) is 10.6. The highest BCUT2D eigenvalue weighted by atomic mass is 14.5. The van der Waals surface area contributed by atoms with Crippen LogP contribution in [-0.4, -0.2) is 6.54 Å². The molecule has 2 aromatic rings. The van der Waals surface area contributed by atoms with Gasteiger partial charge in [0.1, 0.15) is 0 Å². The van der Waals surface area contributed by atoms with Crippen LogP contribution in [0.25, 0.3) is 0 Å². The van der Waals surface area contributed by atoms with Crippen LogP contribution in [-0.2, 0) is 0 Å². The maximum atomic E-state index is 4.85. The highest BCUT2D eigenvalue weighted by molar-refractivity contribution is 5.31. The average molecular weight is 227 g/mol. The summed E-state index contributed by atoms with van der Waals surface area (Å²) in [6.07, 6.45) is 0. The Bertz CT molecular complexity index is 355. The van der Waals surface area contributed by atoms with Crippen LogP contribution in [0.4, 0.5) is 0 Å². The van der Waals surface area contributed by atoms with Gasteiger partial charge in [0.2, 0.25) is 0 Å². The summed E-state index contributed by atoms with van der Waals surface area (Å²) in [4.78, 5) is 0. The molecule has 1 nitrogen and oxygen atoms in total. The number of benzene rings is 2. The minimum Gasteiger partial charge on any atom is -0.331 e. The van der Waals surface area contributed by atoms with E-state index in [1.807, 2.05) is 6.92 Å². The summed E-state index contributed by atoms with van der Waals surface area (Å²) in [6, 6.07) is 21.2. The van der Waals surface area contributed by atoms with Crippen molar-refractivity contribution in [3.05, 3.63) is 71.8 Å². The van der Waals surface area contributed by atoms with E-state index in [0.717, 1.165) is 6.54 Å². The standard InChI is InChI=1S/C14H14.C2H7N/c1-12(13-8-4-2-5-9-13)14-10-6-3-7-11-14;1-2-3/h2-12H,1H3;2-3H2,1H3. The van der Waals surface area contributed by atoms with E-state index >= 15 is 0 Å². The van der Waals surface area contributed by atoms with Crippen molar-refractivity contribution in [3.8, 4) is 0 Å². The van der Waals surface area contributed by atoms with Gasteiger partial charge in [-0.1, -0.05) is 74.5 Å². The Morgan fingerprint density at radius 3 is 1.41 bits per heavy atom. The molecule has 2 aromatic carbocycles. The predicted octanol–water partition coefficient (Wildman–Crippen LogP) is 3.80. The Morgan fingerprint density at radius 1 is 0.824 bits per heavy atom. The fraction of sp³-hybridized carbons (Fsp3) is 0.250. The van der Waals surface area contributed by atoms with Gasteiger partial charge in [-0.05, 0) is 17.7 Å². The Labute approximate surface area is 104 Å². The lowest BCUT2D eigenvalue weighted by atomic mass is 9.93. The first-order valence-electron chi connectivity index (χ1n) is 6.09. The smallest absolute Gasteiger partial charge is 0.00610 e. The summed E-state index contributed by atoms with van der Waals surface area (Å²) in [6.45, 7) is 4.89. The summed E-state index contributed by atoms with van der Waals surface area (Å²) >= 11 is 0. The third-order valence-corrected chi connectivity index (χ3v) is 2.60. The zero-order valence-corrected chi connectivity index (χ0v) is 10.6. The molecule has 0 bridgehead atoms. The number of hydrogen-bond donors (Lipinski definition) is 1. The average Bonchev–Trinajstić information content (AvgIpc) is 2.41. The first-order chi connectivity index (χ1) is 8.29. The maximum absolute atomic E-state index is 4.85. The van der Waals surface area contributed by atoms with Crippen LogP contribution in [0, 0.1) is 0 Å². The second-order valence-corrected chi connectivity index (χ2v) is 3.95. The largest absolute Gasteiger partial charge is 0.331 e. The van der Waals surface area contributed by atoms with Crippen LogP contribution in [0.2, 0.25) is 0 Å². The van der Waals surface area contributed by atoms with Gasteiger partial charge in [0, 0.05) is 5.92 Å². The third kappa shape index (κ3) is 4.41. The molecular formula is C16H21N. The molecule has 0 aliphatic rings. The molecule has 0 aliphatic carbocycles. The minimum atomic E-state index is 0.484. The fourth-order valence-corrected chi connectivity index (χ4v) is 1.68. The van der Waals surface area contributed by atoms with Crippen LogP contribution in [0.3, 0.4) is 0 Å². The van der Waals surface area contributed by atoms with Gasteiger partial charge in [-0.3, -0.25) is 0 Å². The highest BCUT2D eigenvalue weighted by Crippen LogP contribution is 2.22. The first kappa shape index (κ1) is 13.5. The lowest BCUT2D eigenvalue weighted by Crippen LogP contribution is -1.94. The topological polar surface area (TPSA) is 26.0 Å². The molecule has 0 atom stereocenters. The summed E-state index contributed by atoms with van der Waals surface area (Å²) in [5.41, 5.74) is 7.59. The van der Waals surface area contributed by atoms with E-state index in [0.29, 0.717) is 5.92 Å². The van der Waals surface area contributed by atoms with Crippen molar-refractivity contribution in [1.29, 1.82) is 0 Å². The SMILES string of the molecule is CC(c1ccccc1)c1ccccc1.CCN. The van der Waals surface area contributed by atoms with Crippen molar-refractivity contribution < 1.29 is 0 Å². The van der Waals surface area contributed by atoms with Gasteiger partial charge in [-0.25, -0.2) is 0 Å². The maximum Gasteiger partial charge on any atom is 0.00610 e. The van der Waals surface area contributed by atoms with Crippen molar-refractivity contribution in [2.24, 2.45) is 5.73 Å². The lowest BCUT2D eigenvalue weighted by Gasteiger charge is -2.11. The number of hydrogen-bond acceptors (Lipinski definition) is 1. The molecule has 0 spiro atoms. The van der Waals surface area contributed by atoms with Crippen molar-refractivity contribution >= 4 is 0 Å². The molecule has 1 heteroatoms. The van der Waals surface area contributed by atoms with Crippen LogP contribution in [0.15, 0.2) is 60.7 Å². The molecule has 0 saturated heterocycles. The predicted molar refractivity (Wildman–Crippen MR) is 75.1 cm³/mol.